The van der Waals surface area contributed by atoms with Gasteiger partial charge < -0.3 is 25.0 Å². The highest BCUT2D eigenvalue weighted by Crippen LogP contribution is 2.28. The Hall–Kier alpha value is -3.98. The minimum absolute atomic E-state index is 0.107. The minimum atomic E-state index is -0.316. The van der Waals surface area contributed by atoms with Gasteiger partial charge in [-0.25, -0.2) is 4.98 Å². The van der Waals surface area contributed by atoms with E-state index in [0.717, 1.165) is 5.56 Å². The Morgan fingerprint density at radius 2 is 1.94 bits per heavy atom. The van der Waals surface area contributed by atoms with E-state index in [1.165, 1.54) is 4.90 Å². The van der Waals surface area contributed by atoms with Crippen molar-refractivity contribution in [3.63, 3.8) is 0 Å². The van der Waals surface area contributed by atoms with Crippen molar-refractivity contribution < 1.29 is 19.1 Å². The van der Waals surface area contributed by atoms with E-state index in [1.807, 2.05) is 30.3 Å². The average Bonchev–Trinajstić information content (AvgIpc) is 2.86. The molecule has 9 nitrogen and oxygen atoms in total. The molecular weight excluding hydrogens is 422 g/mol. The molecule has 2 aromatic heterocycles. The van der Waals surface area contributed by atoms with Crippen molar-refractivity contribution in [1.29, 1.82) is 0 Å². The summed E-state index contributed by atoms with van der Waals surface area (Å²) in [7, 11) is 0. The van der Waals surface area contributed by atoms with E-state index in [4.69, 9.17) is 9.47 Å². The number of para-hydroxylation sites is 2. The fourth-order valence-electron chi connectivity index (χ4n) is 3.34. The molecule has 0 radical (unpaired) electrons. The number of carbonyl (C=O) groups is 2. The lowest BCUT2D eigenvalue weighted by Crippen LogP contribution is -2.42. The smallest absolute Gasteiger partial charge is 0.258 e. The van der Waals surface area contributed by atoms with Crippen LogP contribution in [0.25, 0.3) is 0 Å². The standard InChI is InChI=1S/C24H25N5O4/c30-22(27-16-18-5-3-9-25-15-18)17-29-11-12-32-13-14-33-21-8-2-1-7-20(21)28-23-19(24(29)31)6-4-10-26-23/h1-10,15H,11-14,16-17H2,(H,26,28)(H,27,30). The van der Waals surface area contributed by atoms with Gasteiger partial charge in [-0.2, -0.15) is 0 Å². The van der Waals surface area contributed by atoms with Gasteiger partial charge in [0.15, 0.2) is 0 Å². The zero-order chi connectivity index (χ0) is 22.9. The molecule has 170 valence electrons. The number of nitrogens with one attached hydrogen (secondary N) is 2. The molecule has 4 rings (SSSR count). The van der Waals surface area contributed by atoms with Crippen LogP contribution in [-0.4, -0.2) is 59.6 Å². The molecule has 0 fully saturated rings. The second-order valence-electron chi connectivity index (χ2n) is 7.35. The summed E-state index contributed by atoms with van der Waals surface area (Å²) in [6, 6.07) is 14.5. The number of fused-ring (bicyclic) bond motifs is 2. The maximum atomic E-state index is 13.4. The highest BCUT2D eigenvalue weighted by atomic mass is 16.5. The zero-order valence-corrected chi connectivity index (χ0v) is 18.1. The van der Waals surface area contributed by atoms with Crippen LogP contribution in [0.5, 0.6) is 5.75 Å². The van der Waals surface area contributed by atoms with E-state index in [1.54, 1.807) is 36.8 Å². The zero-order valence-electron chi connectivity index (χ0n) is 18.1. The SMILES string of the molecule is O=C(CN1CCOCCOc2ccccc2Nc2ncccc2C1=O)NCc1cccnc1. The fourth-order valence-corrected chi connectivity index (χ4v) is 3.34. The van der Waals surface area contributed by atoms with Crippen LogP contribution < -0.4 is 15.4 Å². The van der Waals surface area contributed by atoms with Crippen molar-refractivity contribution in [3.05, 3.63) is 78.2 Å². The van der Waals surface area contributed by atoms with Crippen molar-refractivity contribution in [2.24, 2.45) is 0 Å². The van der Waals surface area contributed by atoms with E-state index in [2.05, 4.69) is 20.6 Å². The van der Waals surface area contributed by atoms with Gasteiger partial charge in [0, 0.05) is 31.7 Å². The highest BCUT2D eigenvalue weighted by Gasteiger charge is 2.23. The van der Waals surface area contributed by atoms with E-state index in [9.17, 15) is 9.59 Å². The Morgan fingerprint density at radius 3 is 2.82 bits per heavy atom. The lowest BCUT2D eigenvalue weighted by atomic mass is 10.2. The van der Waals surface area contributed by atoms with Crippen molar-refractivity contribution in [2.75, 3.05) is 38.2 Å². The molecule has 3 aromatic rings. The number of anilines is 2. The Kier molecular flexibility index (Phi) is 7.44. The van der Waals surface area contributed by atoms with Crippen LogP contribution in [0.15, 0.2) is 67.1 Å². The van der Waals surface area contributed by atoms with Crippen LogP contribution in [-0.2, 0) is 16.1 Å². The summed E-state index contributed by atoms with van der Waals surface area (Å²) in [5.41, 5.74) is 1.92. The molecule has 1 aromatic carbocycles. The molecule has 0 saturated heterocycles. The first kappa shape index (κ1) is 22.2. The predicted octanol–water partition coefficient (Wildman–Crippen LogP) is 2.39. The van der Waals surface area contributed by atoms with Crippen LogP contribution in [0.2, 0.25) is 0 Å². The topological polar surface area (TPSA) is 106 Å². The van der Waals surface area contributed by atoms with Crippen LogP contribution in [0, 0.1) is 0 Å². The summed E-state index contributed by atoms with van der Waals surface area (Å²) in [5, 5.41) is 6.03. The van der Waals surface area contributed by atoms with Crippen molar-refractivity contribution in [1.82, 2.24) is 20.2 Å². The maximum Gasteiger partial charge on any atom is 0.258 e. The normalized spacial score (nSPS) is 14.3. The molecule has 9 heteroatoms. The van der Waals surface area contributed by atoms with Gasteiger partial charge >= 0.3 is 0 Å². The molecule has 33 heavy (non-hydrogen) atoms. The van der Waals surface area contributed by atoms with Gasteiger partial charge in [-0.3, -0.25) is 14.6 Å². The number of hydrogen-bond donors (Lipinski definition) is 2. The van der Waals surface area contributed by atoms with Crippen molar-refractivity contribution in [2.45, 2.75) is 6.54 Å². The number of ether oxygens (including phenoxy) is 2. The minimum Gasteiger partial charge on any atom is -0.489 e. The molecule has 0 aliphatic carbocycles. The second-order valence-corrected chi connectivity index (χ2v) is 7.35. The van der Waals surface area contributed by atoms with Gasteiger partial charge in [-0.1, -0.05) is 18.2 Å². The Bertz CT molecular complexity index is 1090. The highest BCUT2D eigenvalue weighted by molar-refractivity contribution is 6.01. The Balaban J connectivity index is 1.54. The van der Waals surface area contributed by atoms with Crippen LogP contribution in [0.4, 0.5) is 11.5 Å². The van der Waals surface area contributed by atoms with Crippen molar-refractivity contribution in [3.8, 4) is 5.75 Å². The number of hydrogen-bond acceptors (Lipinski definition) is 7. The van der Waals surface area contributed by atoms with Gasteiger partial charge in [0.1, 0.15) is 18.2 Å². The molecule has 1 aliphatic rings. The summed E-state index contributed by atoms with van der Waals surface area (Å²) in [5.74, 6) is 0.433. The number of benzene rings is 1. The molecule has 2 amide bonds. The van der Waals surface area contributed by atoms with Gasteiger partial charge in [0.2, 0.25) is 5.91 Å². The summed E-state index contributed by atoms with van der Waals surface area (Å²) in [6.45, 7) is 1.46. The predicted molar refractivity (Wildman–Crippen MR) is 122 cm³/mol. The number of nitrogens with zero attached hydrogens (tertiary/aromatic N) is 3. The largest absolute Gasteiger partial charge is 0.489 e. The molecule has 3 heterocycles. The lowest BCUT2D eigenvalue weighted by Gasteiger charge is -2.23. The van der Waals surface area contributed by atoms with E-state index in [-0.39, 0.29) is 31.5 Å². The third-order valence-corrected chi connectivity index (χ3v) is 5.00. The van der Waals surface area contributed by atoms with E-state index in [0.29, 0.717) is 42.6 Å². The van der Waals surface area contributed by atoms with Crippen LogP contribution >= 0.6 is 0 Å². The number of pyridine rings is 2. The monoisotopic (exact) mass is 447 g/mol. The molecule has 0 atom stereocenters. The number of aromatic nitrogens is 2. The molecule has 0 bridgehead atoms. The average molecular weight is 447 g/mol. The Morgan fingerprint density at radius 1 is 1.06 bits per heavy atom. The third-order valence-electron chi connectivity index (χ3n) is 5.00. The quantitative estimate of drug-likeness (QED) is 0.633. The molecule has 0 saturated carbocycles. The van der Waals surface area contributed by atoms with Gasteiger partial charge in [0.25, 0.3) is 5.91 Å². The summed E-state index contributed by atoms with van der Waals surface area (Å²) in [6.07, 6.45) is 4.96. The molecule has 0 unspecified atom stereocenters. The lowest BCUT2D eigenvalue weighted by molar-refractivity contribution is -0.122. The number of carbonyl (C=O) groups excluding carboxylic acids is 2. The second kappa shape index (κ2) is 11.1. The van der Waals surface area contributed by atoms with Crippen LogP contribution in [0.3, 0.4) is 0 Å². The Labute approximate surface area is 191 Å². The number of amides is 2. The van der Waals surface area contributed by atoms with E-state index >= 15 is 0 Å². The van der Waals surface area contributed by atoms with E-state index < -0.39 is 0 Å². The molecule has 0 spiro atoms. The van der Waals surface area contributed by atoms with Gasteiger partial charge in [-0.15, -0.1) is 0 Å². The molecule has 1 aliphatic heterocycles. The van der Waals surface area contributed by atoms with Gasteiger partial charge in [0.05, 0.1) is 31.0 Å². The maximum absolute atomic E-state index is 13.4. The first-order valence-electron chi connectivity index (χ1n) is 10.7. The third kappa shape index (κ3) is 6.05. The first-order valence-corrected chi connectivity index (χ1v) is 10.7. The van der Waals surface area contributed by atoms with Crippen molar-refractivity contribution >= 4 is 23.3 Å². The number of rotatable bonds is 4. The van der Waals surface area contributed by atoms with Crippen LogP contribution in [0.1, 0.15) is 15.9 Å². The summed E-state index contributed by atoms with van der Waals surface area (Å²) in [4.78, 5) is 35.9. The fraction of sp³-hybridized carbons (Fsp3) is 0.250. The van der Waals surface area contributed by atoms with Gasteiger partial charge in [-0.05, 0) is 35.9 Å². The first-order chi connectivity index (χ1) is 16.2. The summed E-state index contributed by atoms with van der Waals surface area (Å²) >= 11 is 0. The molecular formula is C24H25N5O4. The summed E-state index contributed by atoms with van der Waals surface area (Å²) < 4.78 is 11.5. The molecule has 2 N–H and O–H groups in total.